The van der Waals surface area contributed by atoms with Gasteiger partial charge >= 0.3 is 0 Å². The molecular formula is C15H23N3O2. The van der Waals surface area contributed by atoms with E-state index in [-0.39, 0.29) is 11.9 Å². The number of nitrogens with zero attached hydrogens (tertiary/aromatic N) is 3. The molecule has 0 N–H and O–H groups in total. The molecule has 1 fully saturated rings. The van der Waals surface area contributed by atoms with Gasteiger partial charge in [0.05, 0.1) is 7.11 Å². The van der Waals surface area contributed by atoms with Crippen LogP contribution in [0.4, 0.5) is 0 Å². The van der Waals surface area contributed by atoms with E-state index in [1.54, 1.807) is 25.4 Å². The van der Waals surface area contributed by atoms with Crippen molar-refractivity contribution in [2.45, 2.75) is 25.3 Å². The summed E-state index contributed by atoms with van der Waals surface area (Å²) < 4.78 is 5.20. The number of likely N-dealkylation sites (tertiary alicyclic amines) is 1. The molecule has 0 spiro atoms. The first-order chi connectivity index (χ1) is 9.63. The van der Waals surface area contributed by atoms with Crippen LogP contribution >= 0.6 is 0 Å². The third-order valence-electron chi connectivity index (χ3n) is 3.66. The van der Waals surface area contributed by atoms with Crippen LogP contribution in [-0.2, 0) is 0 Å². The Balaban J connectivity index is 2.20. The molecule has 0 aliphatic carbocycles. The van der Waals surface area contributed by atoms with Gasteiger partial charge in [0.1, 0.15) is 5.56 Å². The SMILES string of the molecule is COc1ncccc1C(=O)N1CCCCC1CN(C)C. The lowest BCUT2D eigenvalue weighted by atomic mass is 10.0. The molecule has 1 aromatic heterocycles. The van der Waals surface area contributed by atoms with Crippen LogP contribution in [0.25, 0.3) is 0 Å². The van der Waals surface area contributed by atoms with Gasteiger partial charge in [-0.1, -0.05) is 0 Å². The minimum atomic E-state index is 0.0292. The Morgan fingerprint density at radius 3 is 3.00 bits per heavy atom. The number of amides is 1. The van der Waals surface area contributed by atoms with Crippen LogP contribution in [0.1, 0.15) is 29.6 Å². The molecule has 1 aliphatic rings. The molecule has 0 saturated carbocycles. The summed E-state index contributed by atoms with van der Waals surface area (Å²) in [7, 11) is 5.64. The van der Waals surface area contributed by atoms with Crippen molar-refractivity contribution in [3.63, 3.8) is 0 Å². The van der Waals surface area contributed by atoms with E-state index in [1.807, 2.05) is 19.0 Å². The quantitative estimate of drug-likeness (QED) is 0.839. The molecule has 5 heteroatoms. The molecule has 1 aromatic rings. The van der Waals surface area contributed by atoms with E-state index < -0.39 is 0 Å². The van der Waals surface area contributed by atoms with Crippen molar-refractivity contribution in [1.82, 2.24) is 14.8 Å². The van der Waals surface area contributed by atoms with E-state index >= 15 is 0 Å². The van der Waals surface area contributed by atoms with Gasteiger partial charge in [-0.25, -0.2) is 4.98 Å². The largest absolute Gasteiger partial charge is 0.480 e. The van der Waals surface area contributed by atoms with Crippen molar-refractivity contribution in [2.24, 2.45) is 0 Å². The Labute approximate surface area is 120 Å². The van der Waals surface area contributed by atoms with Gasteiger partial charge < -0.3 is 14.5 Å². The van der Waals surface area contributed by atoms with E-state index in [2.05, 4.69) is 9.88 Å². The molecule has 110 valence electrons. The van der Waals surface area contributed by atoms with Crippen molar-refractivity contribution in [3.8, 4) is 5.88 Å². The zero-order chi connectivity index (χ0) is 14.5. The standard InChI is InChI=1S/C15H23N3O2/c1-17(2)11-12-7-4-5-10-18(12)15(19)13-8-6-9-16-14(13)20-3/h6,8-9,12H,4-5,7,10-11H2,1-3H3. The summed E-state index contributed by atoms with van der Waals surface area (Å²) >= 11 is 0. The first kappa shape index (κ1) is 14.8. The molecule has 1 amide bonds. The summed E-state index contributed by atoms with van der Waals surface area (Å²) in [6.45, 7) is 1.71. The first-order valence-corrected chi connectivity index (χ1v) is 7.08. The molecule has 20 heavy (non-hydrogen) atoms. The fraction of sp³-hybridized carbons (Fsp3) is 0.600. The summed E-state index contributed by atoms with van der Waals surface area (Å²) in [4.78, 5) is 21.0. The topological polar surface area (TPSA) is 45.7 Å². The zero-order valence-corrected chi connectivity index (χ0v) is 12.5. The summed E-state index contributed by atoms with van der Waals surface area (Å²) in [6.07, 6.45) is 4.96. The molecule has 0 bridgehead atoms. The van der Waals surface area contributed by atoms with Crippen LogP contribution in [0.2, 0.25) is 0 Å². The average Bonchev–Trinajstić information content (AvgIpc) is 2.46. The number of hydrogen-bond acceptors (Lipinski definition) is 4. The van der Waals surface area contributed by atoms with E-state index in [0.29, 0.717) is 11.4 Å². The number of piperidine rings is 1. The molecule has 1 aliphatic heterocycles. The van der Waals surface area contributed by atoms with Crippen molar-refractivity contribution in [1.29, 1.82) is 0 Å². The second kappa shape index (κ2) is 6.70. The van der Waals surface area contributed by atoms with Crippen molar-refractivity contribution >= 4 is 5.91 Å². The van der Waals surface area contributed by atoms with Crippen LogP contribution in [0.15, 0.2) is 18.3 Å². The van der Waals surface area contributed by atoms with Crippen molar-refractivity contribution in [3.05, 3.63) is 23.9 Å². The molecule has 1 atom stereocenters. The highest BCUT2D eigenvalue weighted by Crippen LogP contribution is 2.23. The average molecular weight is 277 g/mol. The molecule has 1 unspecified atom stereocenters. The van der Waals surface area contributed by atoms with Crippen molar-refractivity contribution in [2.75, 3.05) is 34.3 Å². The monoisotopic (exact) mass is 277 g/mol. The molecule has 5 nitrogen and oxygen atoms in total. The lowest BCUT2D eigenvalue weighted by Crippen LogP contribution is -2.48. The number of likely N-dealkylation sites (N-methyl/N-ethyl adjacent to an activating group) is 1. The van der Waals surface area contributed by atoms with Gasteiger partial charge in [-0.15, -0.1) is 0 Å². The number of carbonyl (C=O) groups excluding carboxylic acids is 1. The van der Waals surface area contributed by atoms with Gasteiger partial charge in [0, 0.05) is 25.3 Å². The maximum atomic E-state index is 12.8. The fourth-order valence-electron chi connectivity index (χ4n) is 2.75. The molecule has 0 aromatic carbocycles. The number of hydrogen-bond donors (Lipinski definition) is 0. The second-order valence-electron chi connectivity index (χ2n) is 5.47. The molecule has 1 saturated heterocycles. The number of rotatable bonds is 4. The number of ether oxygens (including phenoxy) is 1. The number of aromatic nitrogens is 1. The number of carbonyl (C=O) groups is 1. The van der Waals surface area contributed by atoms with Gasteiger partial charge in [0.15, 0.2) is 0 Å². The highest BCUT2D eigenvalue weighted by atomic mass is 16.5. The predicted molar refractivity (Wildman–Crippen MR) is 78.0 cm³/mol. The Hall–Kier alpha value is -1.62. The number of pyridine rings is 1. The Morgan fingerprint density at radius 2 is 2.30 bits per heavy atom. The zero-order valence-electron chi connectivity index (χ0n) is 12.5. The minimum Gasteiger partial charge on any atom is -0.480 e. The molecule has 2 rings (SSSR count). The summed E-state index contributed by atoms with van der Waals surface area (Å²) in [5.74, 6) is 0.438. The first-order valence-electron chi connectivity index (χ1n) is 7.08. The lowest BCUT2D eigenvalue weighted by Gasteiger charge is -2.37. The van der Waals surface area contributed by atoms with Gasteiger partial charge in [0.25, 0.3) is 5.91 Å². The van der Waals surface area contributed by atoms with Gasteiger partial charge in [0.2, 0.25) is 5.88 Å². The predicted octanol–water partition coefficient (Wildman–Crippen LogP) is 1.65. The Bertz CT molecular complexity index is 462. The highest BCUT2D eigenvalue weighted by molar-refractivity contribution is 5.96. The van der Waals surface area contributed by atoms with E-state index in [9.17, 15) is 4.79 Å². The van der Waals surface area contributed by atoms with Crippen LogP contribution < -0.4 is 4.74 Å². The van der Waals surface area contributed by atoms with Gasteiger partial charge in [-0.2, -0.15) is 0 Å². The molecule has 2 heterocycles. The minimum absolute atomic E-state index is 0.0292. The van der Waals surface area contributed by atoms with Crippen LogP contribution in [0.5, 0.6) is 5.88 Å². The summed E-state index contributed by atoms with van der Waals surface area (Å²) in [5, 5.41) is 0. The van der Waals surface area contributed by atoms with Crippen LogP contribution in [-0.4, -0.2) is 61.0 Å². The molecular weight excluding hydrogens is 254 g/mol. The van der Waals surface area contributed by atoms with Gasteiger partial charge in [-0.05, 0) is 45.5 Å². The third-order valence-corrected chi connectivity index (χ3v) is 3.66. The third kappa shape index (κ3) is 3.28. The highest BCUT2D eigenvalue weighted by Gasteiger charge is 2.29. The van der Waals surface area contributed by atoms with Crippen LogP contribution in [0.3, 0.4) is 0 Å². The Kier molecular flexibility index (Phi) is 4.95. The van der Waals surface area contributed by atoms with Gasteiger partial charge in [-0.3, -0.25) is 4.79 Å². The van der Waals surface area contributed by atoms with Crippen molar-refractivity contribution < 1.29 is 9.53 Å². The van der Waals surface area contributed by atoms with E-state index in [4.69, 9.17) is 4.74 Å². The van der Waals surface area contributed by atoms with E-state index in [0.717, 1.165) is 25.9 Å². The maximum absolute atomic E-state index is 12.8. The Morgan fingerprint density at radius 1 is 1.50 bits per heavy atom. The normalized spacial score (nSPS) is 19.2. The molecule has 0 radical (unpaired) electrons. The summed E-state index contributed by atoms with van der Waals surface area (Å²) in [6, 6.07) is 3.84. The second-order valence-corrected chi connectivity index (χ2v) is 5.47. The fourth-order valence-corrected chi connectivity index (χ4v) is 2.75. The smallest absolute Gasteiger partial charge is 0.259 e. The number of methoxy groups -OCH3 is 1. The summed E-state index contributed by atoms with van der Waals surface area (Å²) in [5.41, 5.74) is 0.556. The maximum Gasteiger partial charge on any atom is 0.259 e. The lowest BCUT2D eigenvalue weighted by molar-refractivity contribution is 0.0570. The van der Waals surface area contributed by atoms with E-state index in [1.165, 1.54) is 6.42 Å². The van der Waals surface area contributed by atoms with Crippen LogP contribution in [0, 0.1) is 0 Å².